The largest absolute Gasteiger partial charge is 0.497 e. The summed E-state index contributed by atoms with van der Waals surface area (Å²) in [5, 5.41) is 0.983. The summed E-state index contributed by atoms with van der Waals surface area (Å²) in [6.07, 6.45) is 0. The van der Waals surface area contributed by atoms with Gasteiger partial charge in [0.1, 0.15) is 17.1 Å². The number of hydrogen-bond donors (Lipinski definition) is 0. The molecule has 3 heterocycles. The Labute approximate surface area is 150 Å². The first-order valence-corrected chi connectivity index (χ1v) is 8.66. The van der Waals surface area contributed by atoms with Crippen molar-refractivity contribution < 1.29 is 14.2 Å². The molecule has 2 aliphatic heterocycles. The molecule has 0 N–H and O–H groups in total. The van der Waals surface area contributed by atoms with Gasteiger partial charge in [0.15, 0.2) is 5.75 Å². The number of methoxy groups -OCH3 is 1. The van der Waals surface area contributed by atoms with Crippen molar-refractivity contribution in [3.05, 3.63) is 63.9 Å². The molecule has 3 aromatic rings. The minimum atomic E-state index is -0.657. The Kier molecular flexibility index (Phi) is 2.97. The van der Waals surface area contributed by atoms with Crippen molar-refractivity contribution in [2.45, 2.75) is 18.4 Å². The number of nitrogens with zero attached hydrogens (tertiary/aromatic N) is 1. The number of benzene rings is 2. The highest BCUT2D eigenvalue weighted by Crippen LogP contribution is 2.56. The van der Waals surface area contributed by atoms with Crippen molar-refractivity contribution in [2.24, 2.45) is 7.05 Å². The van der Waals surface area contributed by atoms with Gasteiger partial charge in [0, 0.05) is 18.0 Å². The lowest BCUT2D eigenvalue weighted by Gasteiger charge is -2.37. The lowest BCUT2D eigenvalue weighted by Crippen LogP contribution is -2.42. The summed E-state index contributed by atoms with van der Waals surface area (Å²) in [4.78, 5) is 12.9. The summed E-state index contributed by atoms with van der Waals surface area (Å²) in [5.41, 5.74) is 1.98. The standard InChI is InChI=1S/C21H19NO4/c1-21-15(14-10-12(24-3)8-9-17(14)26-21)11-25-19-18(21)13-6-4-5-7-16(13)22(2)20(19)23/h4-10,15H,11H2,1-3H3. The molecule has 0 spiro atoms. The first-order chi connectivity index (χ1) is 12.5. The average molecular weight is 349 g/mol. The Balaban J connectivity index is 1.82. The van der Waals surface area contributed by atoms with Gasteiger partial charge in [0.25, 0.3) is 5.56 Å². The lowest BCUT2D eigenvalue weighted by molar-refractivity contribution is 0.0441. The number of pyridine rings is 1. The summed E-state index contributed by atoms with van der Waals surface area (Å²) in [7, 11) is 3.43. The van der Waals surface area contributed by atoms with Gasteiger partial charge in [-0.05, 0) is 31.2 Å². The van der Waals surface area contributed by atoms with Crippen molar-refractivity contribution >= 4 is 10.9 Å². The van der Waals surface area contributed by atoms with Gasteiger partial charge in [-0.1, -0.05) is 18.2 Å². The van der Waals surface area contributed by atoms with E-state index in [1.807, 2.05) is 42.5 Å². The molecule has 0 radical (unpaired) electrons. The van der Waals surface area contributed by atoms with Crippen LogP contribution >= 0.6 is 0 Å². The number of para-hydroxylation sites is 1. The van der Waals surface area contributed by atoms with Crippen LogP contribution in [-0.4, -0.2) is 18.3 Å². The first kappa shape index (κ1) is 15.3. The van der Waals surface area contributed by atoms with E-state index < -0.39 is 5.60 Å². The second-order valence-corrected chi connectivity index (χ2v) is 7.06. The Morgan fingerprint density at radius 3 is 2.85 bits per heavy atom. The quantitative estimate of drug-likeness (QED) is 0.676. The molecule has 5 rings (SSSR count). The number of fused-ring (bicyclic) bond motifs is 7. The van der Waals surface area contributed by atoms with Crippen molar-refractivity contribution in [1.82, 2.24) is 4.57 Å². The third-order valence-corrected chi connectivity index (χ3v) is 5.73. The van der Waals surface area contributed by atoms with Gasteiger partial charge in [-0.3, -0.25) is 4.79 Å². The smallest absolute Gasteiger partial charge is 0.293 e. The molecule has 0 amide bonds. The number of hydrogen-bond acceptors (Lipinski definition) is 4. The predicted octanol–water partition coefficient (Wildman–Crippen LogP) is 3.33. The number of aromatic nitrogens is 1. The molecule has 2 atom stereocenters. The van der Waals surface area contributed by atoms with Crippen LogP contribution in [0.5, 0.6) is 17.2 Å². The summed E-state index contributed by atoms with van der Waals surface area (Å²) in [6, 6.07) is 13.7. The third-order valence-electron chi connectivity index (χ3n) is 5.73. The fourth-order valence-electron chi connectivity index (χ4n) is 4.35. The first-order valence-electron chi connectivity index (χ1n) is 8.66. The number of aryl methyl sites for hydroxylation is 1. The maximum Gasteiger partial charge on any atom is 0.293 e. The Hall–Kier alpha value is -2.95. The second kappa shape index (κ2) is 5.04. The average Bonchev–Trinajstić information content (AvgIpc) is 2.96. The highest BCUT2D eigenvalue weighted by molar-refractivity contribution is 5.86. The minimum Gasteiger partial charge on any atom is -0.497 e. The molecule has 2 aromatic carbocycles. The van der Waals surface area contributed by atoms with Crippen molar-refractivity contribution in [3.8, 4) is 17.2 Å². The van der Waals surface area contributed by atoms with E-state index in [-0.39, 0.29) is 11.5 Å². The predicted molar refractivity (Wildman–Crippen MR) is 98.4 cm³/mol. The second-order valence-electron chi connectivity index (χ2n) is 7.06. The van der Waals surface area contributed by atoms with E-state index in [4.69, 9.17) is 14.2 Å². The van der Waals surface area contributed by atoms with E-state index in [9.17, 15) is 4.79 Å². The van der Waals surface area contributed by atoms with Crippen molar-refractivity contribution in [3.63, 3.8) is 0 Å². The molecule has 0 fully saturated rings. The van der Waals surface area contributed by atoms with Crippen LogP contribution in [0.15, 0.2) is 47.3 Å². The van der Waals surface area contributed by atoms with Crippen molar-refractivity contribution in [2.75, 3.05) is 13.7 Å². The van der Waals surface area contributed by atoms with Crippen LogP contribution in [0.25, 0.3) is 10.9 Å². The Morgan fingerprint density at radius 1 is 1.23 bits per heavy atom. The van der Waals surface area contributed by atoms with Gasteiger partial charge in [0.05, 0.1) is 30.7 Å². The zero-order chi connectivity index (χ0) is 18.1. The minimum absolute atomic E-state index is 0.00406. The summed E-state index contributed by atoms with van der Waals surface area (Å²) in [6.45, 7) is 2.45. The van der Waals surface area contributed by atoms with Crippen molar-refractivity contribution in [1.29, 1.82) is 0 Å². The maximum atomic E-state index is 12.9. The molecule has 0 aliphatic carbocycles. The Morgan fingerprint density at radius 2 is 2.04 bits per heavy atom. The van der Waals surface area contributed by atoms with E-state index >= 15 is 0 Å². The molecule has 5 heteroatoms. The topological polar surface area (TPSA) is 49.7 Å². The van der Waals surface area contributed by atoms with Gasteiger partial charge in [-0.25, -0.2) is 0 Å². The molecular weight excluding hydrogens is 330 g/mol. The van der Waals surface area contributed by atoms with E-state index in [1.54, 1.807) is 18.7 Å². The van der Waals surface area contributed by atoms with Gasteiger partial charge in [-0.15, -0.1) is 0 Å². The molecule has 132 valence electrons. The van der Waals surface area contributed by atoms with Crippen LogP contribution in [0, 0.1) is 0 Å². The monoisotopic (exact) mass is 349 g/mol. The lowest BCUT2D eigenvalue weighted by atomic mass is 9.77. The van der Waals surface area contributed by atoms with Crippen LogP contribution in [-0.2, 0) is 12.6 Å². The van der Waals surface area contributed by atoms with Crippen LogP contribution in [0.3, 0.4) is 0 Å². The molecule has 2 unspecified atom stereocenters. The van der Waals surface area contributed by atoms with Crippen LogP contribution < -0.4 is 19.8 Å². The fraction of sp³-hybridized carbons (Fsp3) is 0.286. The Bertz CT molecular complexity index is 1120. The normalized spacial score (nSPS) is 22.8. The van der Waals surface area contributed by atoms with E-state index in [1.165, 1.54) is 0 Å². The van der Waals surface area contributed by atoms with Crippen LogP contribution in [0.4, 0.5) is 0 Å². The number of rotatable bonds is 1. The molecule has 1 aromatic heterocycles. The summed E-state index contributed by atoms with van der Waals surface area (Å²) >= 11 is 0. The SMILES string of the molecule is COc1ccc2c(c1)C1COc3c(c4ccccc4n(C)c3=O)C1(C)O2. The molecule has 5 nitrogen and oxygen atoms in total. The fourth-order valence-corrected chi connectivity index (χ4v) is 4.35. The van der Waals surface area contributed by atoms with Gasteiger partial charge >= 0.3 is 0 Å². The van der Waals surface area contributed by atoms with E-state index in [2.05, 4.69) is 6.92 Å². The van der Waals surface area contributed by atoms with Crippen LogP contribution in [0.1, 0.15) is 24.0 Å². The molecule has 2 aliphatic rings. The third kappa shape index (κ3) is 1.77. The zero-order valence-corrected chi connectivity index (χ0v) is 14.9. The van der Waals surface area contributed by atoms with Crippen LogP contribution in [0.2, 0.25) is 0 Å². The highest BCUT2D eigenvalue weighted by atomic mass is 16.5. The molecular formula is C21H19NO4. The maximum absolute atomic E-state index is 12.9. The summed E-state index contributed by atoms with van der Waals surface area (Å²) < 4.78 is 19.5. The molecule has 0 bridgehead atoms. The summed E-state index contributed by atoms with van der Waals surface area (Å²) in [5.74, 6) is 2.00. The van der Waals surface area contributed by atoms with Gasteiger partial charge in [0.2, 0.25) is 0 Å². The molecule has 0 saturated heterocycles. The number of ether oxygens (including phenoxy) is 3. The van der Waals surface area contributed by atoms with Gasteiger partial charge < -0.3 is 18.8 Å². The van der Waals surface area contributed by atoms with E-state index in [0.717, 1.165) is 33.5 Å². The highest BCUT2D eigenvalue weighted by Gasteiger charge is 2.52. The molecule has 26 heavy (non-hydrogen) atoms. The van der Waals surface area contributed by atoms with E-state index in [0.29, 0.717) is 12.4 Å². The molecule has 0 saturated carbocycles. The zero-order valence-electron chi connectivity index (χ0n) is 14.9. The van der Waals surface area contributed by atoms with Gasteiger partial charge in [-0.2, -0.15) is 0 Å².